The predicted octanol–water partition coefficient (Wildman–Crippen LogP) is 3.58. The van der Waals surface area contributed by atoms with Crippen molar-refractivity contribution in [3.05, 3.63) is 46.1 Å². The summed E-state index contributed by atoms with van der Waals surface area (Å²) in [5.41, 5.74) is 6.51. The molecule has 108 valence electrons. The first kappa shape index (κ1) is 13.0. The van der Waals surface area contributed by atoms with E-state index >= 15 is 0 Å². The van der Waals surface area contributed by atoms with Gasteiger partial charge in [0, 0.05) is 35.6 Å². The van der Waals surface area contributed by atoms with E-state index in [0.29, 0.717) is 0 Å². The fourth-order valence-corrected chi connectivity index (χ4v) is 4.29. The van der Waals surface area contributed by atoms with Crippen LogP contribution in [0.25, 0.3) is 16.2 Å². The minimum absolute atomic E-state index is 0.992. The molecule has 0 spiro atoms. The van der Waals surface area contributed by atoms with Gasteiger partial charge in [0.25, 0.3) is 0 Å². The highest BCUT2D eigenvalue weighted by Crippen LogP contribution is 2.33. The third kappa shape index (κ3) is 2.01. The van der Waals surface area contributed by atoms with Gasteiger partial charge >= 0.3 is 0 Å². The number of nitrogens with one attached hydrogen (secondary N) is 1. The van der Waals surface area contributed by atoms with Crippen LogP contribution in [0.5, 0.6) is 0 Å². The van der Waals surface area contributed by atoms with Gasteiger partial charge in [0.05, 0.1) is 11.4 Å². The first-order chi connectivity index (χ1) is 10.3. The third-order valence-corrected chi connectivity index (χ3v) is 5.32. The highest BCUT2D eigenvalue weighted by atomic mass is 32.1. The number of fused-ring (bicyclic) bond motifs is 3. The van der Waals surface area contributed by atoms with Crippen LogP contribution in [0.1, 0.15) is 28.8 Å². The van der Waals surface area contributed by atoms with E-state index in [1.165, 1.54) is 27.4 Å². The summed E-state index contributed by atoms with van der Waals surface area (Å²) in [6.45, 7) is 6.42. The van der Waals surface area contributed by atoms with Crippen LogP contribution >= 0.6 is 11.3 Å². The van der Waals surface area contributed by atoms with Crippen molar-refractivity contribution in [2.24, 2.45) is 0 Å². The van der Waals surface area contributed by atoms with Gasteiger partial charge in [-0.2, -0.15) is 0 Å². The summed E-state index contributed by atoms with van der Waals surface area (Å²) in [5.74, 6) is 0. The highest BCUT2D eigenvalue weighted by molar-refractivity contribution is 7.17. The Morgan fingerprint density at radius 3 is 2.86 bits per heavy atom. The molecule has 0 saturated carbocycles. The van der Waals surface area contributed by atoms with Gasteiger partial charge in [-0.25, -0.2) is 4.98 Å². The zero-order valence-corrected chi connectivity index (χ0v) is 13.3. The minimum atomic E-state index is 0.992. The Kier molecular flexibility index (Phi) is 3.08. The lowest BCUT2D eigenvalue weighted by Crippen LogP contribution is -2.23. The molecule has 4 rings (SSSR count). The number of benzene rings is 1. The summed E-state index contributed by atoms with van der Waals surface area (Å²) in [5, 5.41) is 3.45. The Hall–Kier alpha value is -1.65. The molecular weight excluding hydrogens is 278 g/mol. The van der Waals surface area contributed by atoms with E-state index in [1.54, 1.807) is 0 Å². The molecule has 0 fully saturated rings. The molecule has 21 heavy (non-hydrogen) atoms. The van der Waals surface area contributed by atoms with Crippen molar-refractivity contribution in [1.82, 2.24) is 14.7 Å². The van der Waals surface area contributed by atoms with E-state index in [1.807, 2.05) is 11.3 Å². The number of hydrogen-bond donors (Lipinski definition) is 1. The Bertz CT molecular complexity index is 796. The maximum Gasteiger partial charge on any atom is 0.194 e. The lowest BCUT2D eigenvalue weighted by molar-refractivity contribution is 0.635. The molecule has 2 aromatic heterocycles. The van der Waals surface area contributed by atoms with Gasteiger partial charge < -0.3 is 5.32 Å². The van der Waals surface area contributed by atoms with Crippen molar-refractivity contribution in [3.63, 3.8) is 0 Å². The summed E-state index contributed by atoms with van der Waals surface area (Å²) in [4.78, 5) is 7.54. The van der Waals surface area contributed by atoms with E-state index in [0.717, 1.165) is 36.6 Å². The minimum Gasteiger partial charge on any atom is -0.311 e. The Balaban J connectivity index is 1.94. The van der Waals surface area contributed by atoms with Gasteiger partial charge in [0.1, 0.15) is 0 Å². The Morgan fingerprint density at radius 2 is 2.10 bits per heavy atom. The van der Waals surface area contributed by atoms with Crippen LogP contribution in [0.4, 0.5) is 0 Å². The second kappa shape index (κ2) is 4.97. The van der Waals surface area contributed by atoms with Crippen LogP contribution in [0.3, 0.4) is 0 Å². The number of nitrogens with zero attached hydrogens (tertiary/aromatic N) is 2. The highest BCUT2D eigenvalue weighted by Gasteiger charge is 2.21. The van der Waals surface area contributed by atoms with Crippen LogP contribution in [-0.2, 0) is 19.4 Å². The molecule has 4 heteroatoms. The molecule has 3 aromatic rings. The summed E-state index contributed by atoms with van der Waals surface area (Å²) in [6, 6.07) is 8.72. The van der Waals surface area contributed by atoms with Gasteiger partial charge in [0.15, 0.2) is 4.96 Å². The molecule has 3 nitrogen and oxygen atoms in total. The number of rotatable bonds is 2. The van der Waals surface area contributed by atoms with E-state index in [2.05, 4.69) is 47.8 Å². The van der Waals surface area contributed by atoms with Crippen molar-refractivity contribution < 1.29 is 0 Å². The maximum atomic E-state index is 4.94. The number of hydrogen-bond acceptors (Lipinski definition) is 3. The van der Waals surface area contributed by atoms with Crippen molar-refractivity contribution in [3.8, 4) is 11.3 Å². The fourth-order valence-electron chi connectivity index (χ4n) is 3.14. The SMILES string of the molecule is CCc1c(-c2ccc(C)cc2)nc2sc3c(n12)CCNC3. The molecule has 3 heterocycles. The second-order valence-electron chi connectivity index (χ2n) is 5.64. The Labute approximate surface area is 128 Å². The average molecular weight is 297 g/mol. The fraction of sp³-hybridized carbons (Fsp3) is 0.353. The van der Waals surface area contributed by atoms with Gasteiger partial charge in [-0.15, -0.1) is 0 Å². The van der Waals surface area contributed by atoms with Gasteiger partial charge in [-0.05, 0) is 13.3 Å². The van der Waals surface area contributed by atoms with E-state index in [4.69, 9.17) is 4.98 Å². The molecule has 0 aliphatic carbocycles. The standard InChI is InChI=1S/C17H19N3S/c1-3-13-16(12-6-4-11(2)5-7-12)19-17-20(13)14-8-9-18-10-15(14)21-17/h4-7,18H,3,8-10H2,1-2H3. The first-order valence-electron chi connectivity index (χ1n) is 7.57. The zero-order valence-electron chi connectivity index (χ0n) is 12.4. The van der Waals surface area contributed by atoms with Crippen molar-refractivity contribution in [2.45, 2.75) is 33.2 Å². The van der Waals surface area contributed by atoms with Crippen LogP contribution in [0.15, 0.2) is 24.3 Å². The molecule has 1 aromatic carbocycles. The molecule has 1 aliphatic rings. The number of thiazole rings is 1. The van der Waals surface area contributed by atoms with Crippen LogP contribution in [0, 0.1) is 6.92 Å². The smallest absolute Gasteiger partial charge is 0.194 e. The quantitative estimate of drug-likeness (QED) is 0.783. The van der Waals surface area contributed by atoms with E-state index < -0.39 is 0 Å². The largest absolute Gasteiger partial charge is 0.311 e. The molecule has 0 saturated heterocycles. The number of aromatic nitrogens is 2. The monoisotopic (exact) mass is 297 g/mol. The molecule has 0 radical (unpaired) electrons. The molecule has 0 unspecified atom stereocenters. The van der Waals surface area contributed by atoms with E-state index in [9.17, 15) is 0 Å². The van der Waals surface area contributed by atoms with Gasteiger partial charge in [0.2, 0.25) is 0 Å². The number of imidazole rings is 1. The summed E-state index contributed by atoms with van der Waals surface area (Å²) in [6.07, 6.45) is 2.12. The van der Waals surface area contributed by atoms with Crippen LogP contribution < -0.4 is 5.32 Å². The normalized spacial score (nSPS) is 14.6. The molecule has 0 atom stereocenters. The van der Waals surface area contributed by atoms with E-state index in [-0.39, 0.29) is 0 Å². The molecule has 1 aliphatic heterocycles. The first-order valence-corrected chi connectivity index (χ1v) is 8.39. The van der Waals surface area contributed by atoms with Crippen molar-refractivity contribution >= 4 is 16.3 Å². The topological polar surface area (TPSA) is 29.3 Å². The second-order valence-corrected chi connectivity index (χ2v) is 6.71. The lowest BCUT2D eigenvalue weighted by Gasteiger charge is -2.13. The Morgan fingerprint density at radius 1 is 1.29 bits per heavy atom. The zero-order chi connectivity index (χ0) is 14.4. The third-order valence-electron chi connectivity index (χ3n) is 4.23. The summed E-state index contributed by atoms with van der Waals surface area (Å²) >= 11 is 1.84. The van der Waals surface area contributed by atoms with Crippen LogP contribution in [0.2, 0.25) is 0 Å². The van der Waals surface area contributed by atoms with Crippen molar-refractivity contribution in [1.29, 1.82) is 0 Å². The molecule has 0 bridgehead atoms. The molecular formula is C17H19N3S. The molecule has 1 N–H and O–H groups in total. The predicted molar refractivity (Wildman–Crippen MR) is 88.0 cm³/mol. The average Bonchev–Trinajstić information content (AvgIpc) is 3.03. The van der Waals surface area contributed by atoms with Gasteiger partial charge in [-0.3, -0.25) is 4.40 Å². The lowest BCUT2D eigenvalue weighted by atomic mass is 10.1. The molecule has 0 amide bonds. The number of aryl methyl sites for hydroxylation is 2. The van der Waals surface area contributed by atoms with Gasteiger partial charge in [-0.1, -0.05) is 48.1 Å². The maximum absolute atomic E-state index is 4.94. The van der Waals surface area contributed by atoms with Crippen molar-refractivity contribution in [2.75, 3.05) is 6.54 Å². The summed E-state index contributed by atoms with van der Waals surface area (Å²) < 4.78 is 2.41. The van der Waals surface area contributed by atoms with Crippen LogP contribution in [-0.4, -0.2) is 15.9 Å². The summed E-state index contributed by atoms with van der Waals surface area (Å²) in [7, 11) is 0.